The highest BCUT2D eigenvalue weighted by molar-refractivity contribution is 7.22. The molecule has 1 amide bonds. The maximum atomic E-state index is 11.8. The Bertz CT molecular complexity index is 819. The number of fused-ring (bicyclic) bond motifs is 1. The molecule has 1 N–H and O–H groups in total. The fourth-order valence-corrected chi connectivity index (χ4v) is 2.68. The van der Waals surface area contributed by atoms with E-state index in [4.69, 9.17) is 9.15 Å². The number of carbonyl (C=O) groups excluding carboxylic acids is 2. The molecule has 0 radical (unpaired) electrons. The van der Waals surface area contributed by atoms with Gasteiger partial charge in [-0.2, -0.15) is 0 Å². The van der Waals surface area contributed by atoms with Gasteiger partial charge in [0.25, 0.3) is 5.91 Å². The van der Waals surface area contributed by atoms with Gasteiger partial charge in [-0.05, 0) is 30.3 Å². The molecule has 3 aromatic rings. The number of rotatable bonds is 5. The number of hydrogen-bond acceptors (Lipinski definition) is 6. The third-order valence-corrected chi connectivity index (χ3v) is 3.76. The number of para-hydroxylation sites is 1. The van der Waals surface area contributed by atoms with Crippen LogP contribution < -0.4 is 5.32 Å². The van der Waals surface area contributed by atoms with Gasteiger partial charge in [0.15, 0.2) is 11.7 Å². The maximum Gasteiger partial charge on any atom is 0.331 e. The molecule has 0 spiro atoms. The van der Waals surface area contributed by atoms with E-state index in [1.807, 2.05) is 24.3 Å². The number of nitrogens with zero attached hydrogens (tertiary/aromatic N) is 1. The number of nitrogens with one attached hydrogen (secondary N) is 1. The molecule has 0 unspecified atom stereocenters. The molecule has 1 aromatic carbocycles. The van der Waals surface area contributed by atoms with Gasteiger partial charge in [0.1, 0.15) is 5.76 Å². The van der Waals surface area contributed by atoms with Gasteiger partial charge in [-0.15, -0.1) is 0 Å². The SMILES string of the molecule is O=C(COC(=O)C=Cc1ccco1)Nc1nc2ccccc2s1. The third-order valence-electron chi connectivity index (χ3n) is 2.81. The fraction of sp³-hybridized carbons (Fsp3) is 0.0625. The summed E-state index contributed by atoms with van der Waals surface area (Å²) in [5.74, 6) is -0.537. The standard InChI is InChI=1S/C16H12N2O4S/c19-14(10-22-15(20)8-7-11-4-3-9-21-11)18-16-17-12-5-1-2-6-13(12)23-16/h1-9H,10H2,(H,17,18,19). The number of carbonyl (C=O) groups is 2. The zero-order valence-corrected chi connectivity index (χ0v) is 12.7. The molecule has 23 heavy (non-hydrogen) atoms. The van der Waals surface area contributed by atoms with Crippen LogP contribution in [0.15, 0.2) is 53.2 Å². The summed E-state index contributed by atoms with van der Waals surface area (Å²) < 4.78 is 10.9. The molecule has 0 fully saturated rings. The lowest BCUT2D eigenvalue weighted by molar-refractivity contribution is -0.142. The number of amides is 1. The van der Waals surface area contributed by atoms with Crippen LogP contribution >= 0.6 is 11.3 Å². The summed E-state index contributed by atoms with van der Waals surface area (Å²) >= 11 is 1.36. The highest BCUT2D eigenvalue weighted by atomic mass is 32.1. The summed E-state index contributed by atoms with van der Waals surface area (Å²) in [4.78, 5) is 27.5. The van der Waals surface area contributed by atoms with Crippen LogP contribution in [0.2, 0.25) is 0 Å². The molecule has 2 heterocycles. The summed E-state index contributed by atoms with van der Waals surface area (Å²) in [5, 5.41) is 3.08. The van der Waals surface area contributed by atoms with Crippen molar-refractivity contribution >= 4 is 44.6 Å². The van der Waals surface area contributed by atoms with Gasteiger partial charge >= 0.3 is 5.97 Å². The second-order valence-corrected chi connectivity index (χ2v) is 5.52. The summed E-state index contributed by atoms with van der Waals surface area (Å²) in [7, 11) is 0. The molecular weight excluding hydrogens is 316 g/mol. The number of anilines is 1. The first-order valence-corrected chi connectivity index (χ1v) is 7.56. The van der Waals surface area contributed by atoms with Gasteiger partial charge in [0.05, 0.1) is 16.5 Å². The minimum absolute atomic E-state index is 0.378. The summed E-state index contributed by atoms with van der Waals surface area (Å²) in [6.07, 6.45) is 4.16. The van der Waals surface area contributed by atoms with Crippen LogP contribution in [-0.2, 0) is 14.3 Å². The Kier molecular flexibility index (Phi) is 4.49. The molecule has 2 aromatic heterocycles. The molecule has 0 saturated heterocycles. The number of benzene rings is 1. The number of esters is 1. The predicted molar refractivity (Wildman–Crippen MR) is 87.0 cm³/mol. The van der Waals surface area contributed by atoms with Crippen molar-refractivity contribution in [3.05, 3.63) is 54.5 Å². The van der Waals surface area contributed by atoms with E-state index in [0.717, 1.165) is 10.2 Å². The Hall–Kier alpha value is -2.93. The van der Waals surface area contributed by atoms with E-state index in [9.17, 15) is 9.59 Å². The van der Waals surface area contributed by atoms with Crippen molar-refractivity contribution in [1.29, 1.82) is 0 Å². The van der Waals surface area contributed by atoms with Crippen LogP contribution in [0.1, 0.15) is 5.76 Å². The maximum absolute atomic E-state index is 11.8. The number of furan rings is 1. The molecule has 6 nitrogen and oxygen atoms in total. The molecule has 0 atom stereocenters. The summed E-state index contributed by atoms with van der Waals surface area (Å²) in [6.45, 7) is -0.378. The fourth-order valence-electron chi connectivity index (χ4n) is 1.80. The van der Waals surface area contributed by atoms with Crippen molar-refractivity contribution in [3.63, 3.8) is 0 Å². The Morgan fingerprint density at radius 2 is 2.13 bits per heavy atom. The molecule has 7 heteroatoms. The van der Waals surface area contributed by atoms with Crippen molar-refractivity contribution < 1.29 is 18.7 Å². The van der Waals surface area contributed by atoms with Crippen LogP contribution in [0.5, 0.6) is 0 Å². The molecule has 3 rings (SSSR count). The zero-order chi connectivity index (χ0) is 16.1. The summed E-state index contributed by atoms with van der Waals surface area (Å²) in [5.41, 5.74) is 0.811. The lowest BCUT2D eigenvalue weighted by Gasteiger charge is -2.01. The molecule has 0 bridgehead atoms. The number of thiazole rings is 1. The number of hydrogen-bond donors (Lipinski definition) is 1. The average molecular weight is 328 g/mol. The lowest BCUT2D eigenvalue weighted by Crippen LogP contribution is -2.19. The molecular formula is C16H12N2O4S. The Balaban J connectivity index is 1.50. The smallest absolute Gasteiger partial charge is 0.331 e. The van der Waals surface area contributed by atoms with E-state index in [1.54, 1.807) is 12.1 Å². The van der Waals surface area contributed by atoms with E-state index in [-0.39, 0.29) is 6.61 Å². The summed E-state index contributed by atoms with van der Waals surface area (Å²) in [6, 6.07) is 11.0. The molecule has 0 aliphatic rings. The average Bonchev–Trinajstić information content (AvgIpc) is 3.19. The van der Waals surface area contributed by atoms with Crippen LogP contribution in [-0.4, -0.2) is 23.5 Å². The number of aromatic nitrogens is 1. The predicted octanol–water partition coefficient (Wildman–Crippen LogP) is 3.08. The molecule has 0 aliphatic carbocycles. The largest absolute Gasteiger partial charge is 0.465 e. The Labute approximate surface area is 135 Å². The zero-order valence-electron chi connectivity index (χ0n) is 11.9. The monoisotopic (exact) mass is 328 g/mol. The van der Waals surface area contributed by atoms with Crippen molar-refractivity contribution in [1.82, 2.24) is 4.98 Å². The van der Waals surface area contributed by atoms with Crippen LogP contribution in [0.3, 0.4) is 0 Å². The van der Waals surface area contributed by atoms with Gasteiger partial charge in [0.2, 0.25) is 0 Å². The first-order valence-electron chi connectivity index (χ1n) is 6.74. The quantitative estimate of drug-likeness (QED) is 0.575. The third kappa shape index (κ3) is 4.04. The van der Waals surface area contributed by atoms with Crippen molar-refractivity contribution in [2.75, 3.05) is 11.9 Å². The van der Waals surface area contributed by atoms with Crippen molar-refractivity contribution in [3.8, 4) is 0 Å². The van der Waals surface area contributed by atoms with Crippen molar-refractivity contribution in [2.24, 2.45) is 0 Å². The minimum atomic E-state index is -0.624. The lowest BCUT2D eigenvalue weighted by atomic mass is 10.3. The van der Waals surface area contributed by atoms with E-state index < -0.39 is 11.9 Å². The normalized spacial score (nSPS) is 11.0. The van der Waals surface area contributed by atoms with Gasteiger partial charge < -0.3 is 9.15 Å². The Morgan fingerprint density at radius 3 is 2.91 bits per heavy atom. The van der Waals surface area contributed by atoms with Crippen LogP contribution in [0, 0.1) is 0 Å². The van der Waals surface area contributed by atoms with Gasteiger partial charge in [-0.1, -0.05) is 23.5 Å². The van der Waals surface area contributed by atoms with Gasteiger partial charge in [-0.25, -0.2) is 9.78 Å². The van der Waals surface area contributed by atoms with E-state index in [0.29, 0.717) is 10.9 Å². The Morgan fingerprint density at radius 1 is 1.26 bits per heavy atom. The minimum Gasteiger partial charge on any atom is -0.465 e. The van der Waals surface area contributed by atoms with E-state index in [2.05, 4.69) is 10.3 Å². The van der Waals surface area contributed by atoms with Gasteiger partial charge in [0, 0.05) is 6.08 Å². The van der Waals surface area contributed by atoms with Crippen LogP contribution in [0.25, 0.3) is 16.3 Å². The van der Waals surface area contributed by atoms with Crippen molar-refractivity contribution in [2.45, 2.75) is 0 Å². The van der Waals surface area contributed by atoms with Crippen LogP contribution in [0.4, 0.5) is 5.13 Å². The second kappa shape index (κ2) is 6.89. The second-order valence-electron chi connectivity index (χ2n) is 4.49. The highest BCUT2D eigenvalue weighted by Gasteiger charge is 2.09. The van der Waals surface area contributed by atoms with Gasteiger partial charge in [-0.3, -0.25) is 10.1 Å². The first kappa shape index (κ1) is 15.0. The molecule has 0 saturated carbocycles. The highest BCUT2D eigenvalue weighted by Crippen LogP contribution is 2.25. The molecule has 0 aliphatic heterocycles. The molecule has 116 valence electrons. The van der Waals surface area contributed by atoms with E-state index in [1.165, 1.54) is 29.8 Å². The number of ether oxygens (including phenoxy) is 1. The first-order chi connectivity index (χ1) is 11.2. The topological polar surface area (TPSA) is 81.4 Å². The van der Waals surface area contributed by atoms with E-state index >= 15 is 0 Å².